The van der Waals surface area contributed by atoms with E-state index in [-0.39, 0.29) is 0 Å². The maximum Gasteiger partial charge on any atom is 0.119 e. The van der Waals surface area contributed by atoms with Crippen LogP contribution in [0.4, 0.5) is 17.1 Å². The van der Waals surface area contributed by atoms with E-state index in [1.54, 1.807) is 12.7 Å². The second-order valence-corrected chi connectivity index (χ2v) is 8.90. The van der Waals surface area contributed by atoms with E-state index < -0.39 is 0 Å². The maximum absolute atomic E-state index is 5.35. The minimum atomic E-state index is 0.620. The number of fused-ring (bicyclic) bond motifs is 3. The SMILES string of the molecule is COc1ccc(Nc2cc3c4c(c2)[C@@H]2CNCC[C@@H]2N4CCSC3)c(C)c1. The van der Waals surface area contributed by atoms with Crippen molar-refractivity contribution in [1.82, 2.24) is 5.32 Å². The lowest BCUT2D eigenvalue weighted by Crippen LogP contribution is -2.44. The monoisotopic (exact) mass is 381 g/mol. The summed E-state index contributed by atoms with van der Waals surface area (Å²) in [5, 5.41) is 7.30. The first kappa shape index (κ1) is 17.3. The van der Waals surface area contributed by atoms with Crippen molar-refractivity contribution in [3.05, 3.63) is 47.0 Å². The summed E-state index contributed by atoms with van der Waals surface area (Å²) < 4.78 is 5.35. The third-order valence-electron chi connectivity index (χ3n) is 6.20. The van der Waals surface area contributed by atoms with E-state index in [4.69, 9.17) is 4.74 Å². The fraction of sp³-hybridized carbons (Fsp3) is 0.455. The summed E-state index contributed by atoms with van der Waals surface area (Å²) in [6.07, 6.45) is 1.25. The van der Waals surface area contributed by atoms with E-state index in [0.29, 0.717) is 12.0 Å². The van der Waals surface area contributed by atoms with Crippen molar-refractivity contribution >= 4 is 28.8 Å². The second-order valence-electron chi connectivity index (χ2n) is 7.79. The smallest absolute Gasteiger partial charge is 0.119 e. The number of thioether (sulfide) groups is 1. The minimum Gasteiger partial charge on any atom is -0.497 e. The summed E-state index contributed by atoms with van der Waals surface area (Å²) in [6, 6.07) is 11.7. The van der Waals surface area contributed by atoms with Gasteiger partial charge in [-0.2, -0.15) is 11.8 Å². The van der Waals surface area contributed by atoms with Gasteiger partial charge in [0.15, 0.2) is 0 Å². The van der Waals surface area contributed by atoms with Crippen LogP contribution in [-0.2, 0) is 5.75 Å². The Bertz CT molecular complexity index is 869. The molecule has 0 aromatic heterocycles. The molecule has 0 aliphatic carbocycles. The van der Waals surface area contributed by atoms with Crippen LogP contribution in [0.15, 0.2) is 30.3 Å². The lowest BCUT2D eigenvalue weighted by molar-refractivity contribution is 0.406. The van der Waals surface area contributed by atoms with Crippen LogP contribution in [0.5, 0.6) is 5.75 Å². The lowest BCUT2D eigenvalue weighted by atomic mass is 9.89. The van der Waals surface area contributed by atoms with Crippen molar-refractivity contribution in [3.8, 4) is 5.75 Å². The molecule has 2 aromatic carbocycles. The summed E-state index contributed by atoms with van der Waals surface area (Å²) >= 11 is 2.07. The van der Waals surface area contributed by atoms with E-state index in [0.717, 1.165) is 30.3 Å². The van der Waals surface area contributed by atoms with Gasteiger partial charge in [0, 0.05) is 53.6 Å². The fourth-order valence-electron chi connectivity index (χ4n) is 4.92. The molecule has 1 saturated heterocycles. The van der Waals surface area contributed by atoms with E-state index in [2.05, 4.69) is 58.5 Å². The number of anilines is 3. The van der Waals surface area contributed by atoms with Crippen LogP contribution in [0.1, 0.15) is 29.0 Å². The van der Waals surface area contributed by atoms with Gasteiger partial charge in [-0.1, -0.05) is 0 Å². The van der Waals surface area contributed by atoms with Gasteiger partial charge in [-0.25, -0.2) is 0 Å². The van der Waals surface area contributed by atoms with Gasteiger partial charge in [0.1, 0.15) is 5.75 Å². The fourth-order valence-corrected chi connectivity index (χ4v) is 5.83. The molecule has 1 fully saturated rings. The first-order valence-corrected chi connectivity index (χ1v) is 11.0. The molecule has 27 heavy (non-hydrogen) atoms. The Morgan fingerprint density at radius 2 is 2.19 bits per heavy atom. The zero-order valence-corrected chi connectivity index (χ0v) is 16.9. The van der Waals surface area contributed by atoms with E-state index in [1.807, 2.05) is 6.07 Å². The van der Waals surface area contributed by atoms with Gasteiger partial charge in [-0.15, -0.1) is 0 Å². The Kier molecular flexibility index (Phi) is 4.44. The second kappa shape index (κ2) is 6.95. The number of nitrogens with one attached hydrogen (secondary N) is 2. The molecule has 0 unspecified atom stereocenters. The van der Waals surface area contributed by atoms with E-state index in [9.17, 15) is 0 Å². The molecule has 0 spiro atoms. The number of ether oxygens (including phenoxy) is 1. The normalized spacial score (nSPS) is 23.4. The third-order valence-corrected chi connectivity index (χ3v) is 7.18. The number of methoxy groups -OCH3 is 1. The summed E-state index contributed by atoms with van der Waals surface area (Å²) in [6.45, 7) is 5.57. The number of piperidine rings is 1. The Morgan fingerprint density at radius 3 is 3.04 bits per heavy atom. The number of aryl methyl sites for hydroxylation is 1. The van der Waals surface area contributed by atoms with Crippen LogP contribution < -0.4 is 20.3 Å². The topological polar surface area (TPSA) is 36.5 Å². The van der Waals surface area contributed by atoms with Crippen LogP contribution in [0.2, 0.25) is 0 Å². The van der Waals surface area contributed by atoms with Crippen LogP contribution >= 0.6 is 11.8 Å². The molecule has 3 heterocycles. The van der Waals surface area contributed by atoms with Gasteiger partial charge in [-0.05, 0) is 66.9 Å². The van der Waals surface area contributed by atoms with Crippen molar-refractivity contribution in [2.75, 3.05) is 42.7 Å². The highest BCUT2D eigenvalue weighted by molar-refractivity contribution is 7.98. The summed E-state index contributed by atoms with van der Waals surface area (Å²) in [4.78, 5) is 2.72. The van der Waals surface area contributed by atoms with Crippen molar-refractivity contribution < 1.29 is 4.74 Å². The lowest BCUT2D eigenvalue weighted by Gasteiger charge is -2.33. The Labute approximate surface area is 165 Å². The predicted molar refractivity (Wildman–Crippen MR) is 115 cm³/mol. The molecule has 5 heteroatoms. The number of benzene rings is 2. The van der Waals surface area contributed by atoms with Crippen LogP contribution in [-0.4, -0.2) is 38.5 Å². The number of rotatable bonds is 3. The Morgan fingerprint density at radius 1 is 1.26 bits per heavy atom. The highest BCUT2D eigenvalue weighted by atomic mass is 32.2. The van der Waals surface area contributed by atoms with Gasteiger partial charge >= 0.3 is 0 Å². The van der Waals surface area contributed by atoms with Crippen molar-refractivity contribution in [1.29, 1.82) is 0 Å². The first-order chi connectivity index (χ1) is 13.2. The molecule has 5 rings (SSSR count). The molecule has 0 amide bonds. The zero-order valence-electron chi connectivity index (χ0n) is 16.0. The van der Waals surface area contributed by atoms with Crippen molar-refractivity contribution in [2.45, 2.75) is 31.1 Å². The van der Waals surface area contributed by atoms with Crippen molar-refractivity contribution in [2.24, 2.45) is 0 Å². The minimum absolute atomic E-state index is 0.620. The van der Waals surface area contributed by atoms with Gasteiger partial charge in [0.25, 0.3) is 0 Å². The molecular formula is C22H27N3OS. The van der Waals surface area contributed by atoms with Crippen LogP contribution in [0.25, 0.3) is 0 Å². The molecule has 0 saturated carbocycles. The average Bonchev–Trinajstić information content (AvgIpc) is 2.85. The molecule has 2 N–H and O–H groups in total. The van der Waals surface area contributed by atoms with Gasteiger partial charge in [-0.3, -0.25) is 0 Å². The van der Waals surface area contributed by atoms with Crippen molar-refractivity contribution in [3.63, 3.8) is 0 Å². The number of hydrogen-bond acceptors (Lipinski definition) is 5. The highest BCUT2D eigenvalue weighted by Gasteiger charge is 2.41. The molecule has 3 aliphatic heterocycles. The molecule has 2 aromatic rings. The quantitative estimate of drug-likeness (QED) is 0.831. The molecule has 0 bridgehead atoms. The van der Waals surface area contributed by atoms with Crippen LogP contribution in [0, 0.1) is 6.92 Å². The molecular weight excluding hydrogens is 354 g/mol. The Balaban J connectivity index is 1.54. The molecule has 3 aliphatic rings. The number of hydrogen-bond donors (Lipinski definition) is 2. The molecule has 0 radical (unpaired) electrons. The Hall–Kier alpha value is -1.85. The standard InChI is InChI=1S/C22H27N3OS/c1-14-9-17(26-2)3-4-20(14)24-16-10-15-13-27-8-7-25-21-5-6-23-12-19(21)18(11-16)22(15)25/h3-4,9-11,19,21,23-24H,5-8,12-13H2,1-2H3/t19-,21-/m0/s1. The largest absolute Gasteiger partial charge is 0.497 e. The van der Waals surface area contributed by atoms with E-state index in [1.165, 1.54) is 41.2 Å². The van der Waals surface area contributed by atoms with Gasteiger partial charge in [0.05, 0.1) is 7.11 Å². The van der Waals surface area contributed by atoms with Gasteiger partial charge in [0.2, 0.25) is 0 Å². The molecule has 2 atom stereocenters. The number of nitrogens with zero attached hydrogens (tertiary/aromatic N) is 1. The third kappa shape index (κ3) is 2.97. The van der Waals surface area contributed by atoms with Gasteiger partial charge < -0.3 is 20.3 Å². The summed E-state index contributed by atoms with van der Waals surface area (Å²) in [5.74, 6) is 3.87. The summed E-state index contributed by atoms with van der Waals surface area (Å²) in [7, 11) is 1.72. The van der Waals surface area contributed by atoms with Crippen LogP contribution in [0.3, 0.4) is 0 Å². The van der Waals surface area contributed by atoms with E-state index >= 15 is 0 Å². The zero-order chi connectivity index (χ0) is 18.4. The first-order valence-electron chi connectivity index (χ1n) is 9.88. The molecule has 4 nitrogen and oxygen atoms in total. The predicted octanol–water partition coefficient (Wildman–Crippen LogP) is 4.26. The molecule has 142 valence electrons. The highest BCUT2D eigenvalue weighted by Crippen LogP contribution is 2.48. The average molecular weight is 382 g/mol. The maximum atomic E-state index is 5.35. The summed E-state index contributed by atoms with van der Waals surface area (Å²) in [5.41, 5.74) is 8.15.